The highest BCUT2D eigenvalue weighted by Crippen LogP contribution is 2.26. The number of carbonyl (C=O) groups is 3. The van der Waals surface area contributed by atoms with Crippen molar-refractivity contribution in [2.45, 2.75) is 13.0 Å². The van der Waals surface area contributed by atoms with Crippen LogP contribution >= 0.6 is 15.9 Å². The Kier molecular flexibility index (Phi) is 4.01. The Balaban J connectivity index is 1.78. The van der Waals surface area contributed by atoms with Crippen molar-refractivity contribution in [3.63, 3.8) is 0 Å². The molecule has 0 aliphatic carbocycles. The highest BCUT2D eigenvalue weighted by atomic mass is 79.9. The molecule has 1 N–H and O–H groups in total. The quantitative estimate of drug-likeness (QED) is 0.789. The van der Waals surface area contributed by atoms with Crippen LogP contribution in [0.5, 0.6) is 0 Å². The summed E-state index contributed by atoms with van der Waals surface area (Å²) in [6.45, 7) is 3.79. The average Bonchev–Trinajstić information content (AvgIpc) is 2.72. The number of hydrogen-bond donors (Lipinski definition) is 1. The summed E-state index contributed by atoms with van der Waals surface area (Å²) in [5.74, 6) is -0.997. The van der Waals surface area contributed by atoms with Gasteiger partial charge in [0.05, 0.1) is 11.1 Å². The molecule has 0 bridgehead atoms. The lowest BCUT2D eigenvalue weighted by atomic mass is 10.1. The summed E-state index contributed by atoms with van der Waals surface area (Å²) in [5, 5.41) is 3.20. The van der Waals surface area contributed by atoms with Crippen molar-refractivity contribution in [3.05, 3.63) is 33.8 Å². The largest absolute Gasteiger partial charge is 0.336 e. The van der Waals surface area contributed by atoms with E-state index in [2.05, 4.69) is 21.2 Å². The summed E-state index contributed by atoms with van der Waals surface area (Å²) in [6, 6.07) is 5.00. The lowest BCUT2D eigenvalue weighted by Crippen LogP contribution is -2.55. The molecule has 116 valence electrons. The Morgan fingerprint density at radius 1 is 1.32 bits per heavy atom. The number of benzene rings is 1. The first-order valence-electron chi connectivity index (χ1n) is 7.15. The molecular formula is C15H16BrN3O3. The number of rotatable bonds is 2. The summed E-state index contributed by atoms with van der Waals surface area (Å²) in [7, 11) is 0. The fourth-order valence-electron chi connectivity index (χ4n) is 2.84. The molecule has 0 radical (unpaired) electrons. The van der Waals surface area contributed by atoms with E-state index in [1.54, 1.807) is 23.1 Å². The molecule has 22 heavy (non-hydrogen) atoms. The summed E-state index contributed by atoms with van der Waals surface area (Å²) in [4.78, 5) is 39.9. The third-order valence-corrected chi connectivity index (χ3v) is 4.54. The van der Waals surface area contributed by atoms with Gasteiger partial charge in [-0.25, -0.2) is 0 Å². The maximum atomic E-state index is 12.4. The van der Waals surface area contributed by atoms with Crippen LogP contribution in [0.2, 0.25) is 0 Å². The molecule has 0 saturated carbocycles. The van der Waals surface area contributed by atoms with Crippen molar-refractivity contribution in [3.8, 4) is 0 Å². The van der Waals surface area contributed by atoms with Crippen LogP contribution in [-0.2, 0) is 4.79 Å². The lowest BCUT2D eigenvalue weighted by Gasteiger charge is -2.34. The van der Waals surface area contributed by atoms with Gasteiger partial charge in [-0.2, -0.15) is 0 Å². The zero-order valence-corrected chi connectivity index (χ0v) is 13.7. The van der Waals surface area contributed by atoms with E-state index in [0.29, 0.717) is 17.7 Å². The maximum absolute atomic E-state index is 12.4. The van der Waals surface area contributed by atoms with Crippen molar-refractivity contribution in [2.75, 3.05) is 26.2 Å². The van der Waals surface area contributed by atoms with E-state index >= 15 is 0 Å². The first kappa shape index (κ1) is 15.2. The number of halogens is 1. The summed E-state index contributed by atoms with van der Waals surface area (Å²) < 4.78 is 0.733. The topological polar surface area (TPSA) is 69.7 Å². The van der Waals surface area contributed by atoms with Gasteiger partial charge in [-0.1, -0.05) is 15.9 Å². The van der Waals surface area contributed by atoms with Crippen LogP contribution in [0.4, 0.5) is 0 Å². The molecule has 1 atom stereocenters. The van der Waals surface area contributed by atoms with Crippen LogP contribution in [-0.4, -0.2) is 59.7 Å². The minimum atomic E-state index is -0.405. The Hall–Kier alpha value is -1.73. The molecule has 2 aliphatic rings. The SMILES string of the molecule is C[C@@H]1CNCCN1C(=O)CN1C(=O)c2ccc(Br)cc2C1=O. The van der Waals surface area contributed by atoms with E-state index < -0.39 is 11.8 Å². The van der Waals surface area contributed by atoms with E-state index in [4.69, 9.17) is 0 Å². The number of nitrogens with one attached hydrogen (secondary N) is 1. The Morgan fingerprint density at radius 2 is 2.05 bits per heavy atom. The Morgan fingerprint density at radius 3 is 2.77 bits per heavy atom. The zero-order chi connectivity index (χ0) is 15.9. The van der Waals surface area contributed by atoms with Crippen LogP contribution in [0.3, 0.4) is 0 Å². The fourth-order valence-corrected chi connectivity index (χ4v) is 3.21. The smallest absolute Gasteiger partial charge is 0.262 e. The molecule has 7 heteroatoms. The second kappa shape index (κ2) is 5.81. The number of imide groups is 1. The molecule has 2 aliphatic heterocycles. The van der Waals surface area contributed by atoms with Gasteiger partial charge in [0.1, 0.15) is 6.54 Å². The first-order chi connectivity index (χ1) is 10.5. The van der Waals surface area contributed by atoms with Gasteiger partial charge in [-0.05, 0) is 25.1 Å². The highest BCUT2D eigenvalue weighted by Gasteiger charge is 2.38. The fraction of sp³-hybridized carbons (Fsp3) is 0.400. The van der Waals surface area contributed by atoms with Crippen LogP contribution in [0.15, 0.2) is 22.7 Å². The molecule has 0 unspecified atom stereocenters. The van der Waals surface area contributed by atoms with E-state index in [0.717, 1.165) is 22.5 Å². The van der Waals surface area contributed by atoms with Gasteiger partial charge in [-0.15, -0.1) is 0 Å². The normalized spacial score (nSPS) is 21.3. The van der Waals surface area contributed by atoms with Crippen molar-refractivity contribution < 1.29 is 14.4 Å². The molecule has 1 saturated heterocycles. The van der Waals surface area contributed by atoms with Gasteiger partial charge < -0.3 is 10.2 Å². The zero-order valence-electron chi connectivity index (χ0n) is 12.1. The molecule has 1 aromatic carbocycles. The molecule has 0 aromatic heterocycles. The van der Waals surface area contributed by atoms with Crippen LogP contribution in [0.25, 0.3) is 0 Å². The van der Waals surface area contributed by atoms with Crippen molar-refractivity contribution in [2.24, 2.45) is 0 Å². The predicted octanol–water partition coefficient (Wildman–Crippen LogP) is 0.865. The summed E-state index contributed by atoms with van der Waals surface area (Å²) in [5.41, 5.74) is 0.704. The lowest BCUT2D eigenvalue weighted by molar-refractivity contribution is -0.134. The number of hydrogen-bond acceptors (Lipinski definition) is 4. The van der Waals surface area contributed by atoms with E-state index in [1.807, 2.05) is 6.92 Å². The van der Waals surface area contributed by atoms with Crippen molar-refractivity contribution in [1.82, 2.24) is 15.1 Å². The first-order valence-corrected chi connectivity index (χ1v) is 7.94. The minimum absolute atomic E-state index is 0.0607. The standard InChI is InChI=1S/C15H16BrN3O3/c1-9-7-17-4-5-18(9)13(20)8-19-14(21)11-3-2-10(16)6-12(11)15(19)22/h2-3,6,9,17H,4-5,7-8H2,1H3/t9-/m1/s1. The number of piperazine rings is 1. The van der Waals surface area contributed by atoms with Gasteiger partial charge in [-0.3, -0.25) is 19.3 Å². The Labute approximate surface area is 136 Å². The second-order valence-electron chi connectivity index (χ2n) is 5.53. The van der Waals surface area contributed by atoms with Crippen LogP contribution in [0.1, 0.15) is 27.6 Å². The molecular weight excluding hydrogens is 350 g/mol. The number of nitrogens with zero attached hydrogens (tertiary/aromatic N) is 2. The van der Waals surface area contributed by atoms with E-state index in [1.165, 1.54) is 0 Å². The molecule has 6 nitrogen and oxygen atoms in total. The van der Waals surface area contributed by atoms with E-state index in [9.17, 15) is 14.4 Å². The highest BCUT2D eigenvalue weighted by molar-refractivity contribution is 9.10. The average molecular weight is 366 g/mol. The van der Waals surface area contributed by atoms with Gasteiger partial charge >= 0.3 is 0 Å². The third kappa shape index (κ3) is 2.55. The molecule has 3 rings (SSSR count). The molecule has 2 heterocycles. The molecule has 1 aromatic rings. The number of fused-ring (bicyclic) bond motifs is 1. The van der Waals surface area contributed by atoms with Gasteiger partial charge in [0.15, 0.2) is 0 Å². The summed E-state index contributed by atoms with van der Waals surface area (Å²) >= 11 is 3.29. The Bertz CT molecular complexity index is 661. The van der Waals surface area contributed by atoms with Crippen molar-refractivity contribution >= 4 is 33.7 Å². The second-order valence-corrected chi connectivity index (χ2v) is 6.44. The maximum Gasteiger partial charge on any atom is 0.262 e. The number of amides is 3. The molecule has 1 fully saturated rings. The molecule has 3 amide bonds. The minimum Gasteiger partial charge on any atom is -0.336 e. The van der Waals surface area contributed by atoms with E-state index in [-0.39, 0.29) is 18.5 Å². The van der Waals surface area contributed by atoms with Crippen LogP contribution < -0.4 is 5.32 Å². The number of carbonyl (C=O) groups excluding carboxylic acids is 3. The summed E-state index contributed by atoms with van der Waals surface area (Å²) in [6.07, 6.45) is 0. The van der Waals surface area contributed by atoms with Gasteiger partial charge in [0.25, 0.3) is 11.8 Å². The molecule has 0 spiro atoms. The third-order valence-electron chi connectivity index (χ3n) is 4.05. The van der Waals surface area contributed by atoms with Crippen molar-refractivity contribution in [1.29, 1.82) is 0 Å². The monoisotopic (exact) mass is 365 g/mol. The van der Waals surface area contributed by atoms with Gasteiger partial charge in [0.2, 0.25) is 5.91 Å². The van der Waals surface area contributed by atoms with Crippen LogP contribution in [0, 0.1) is 0 Å². The van der Waals surface area contributed by atoms with Gasteiger partial charge in [0, 0.05) is 30.1 Å². The predicted molar refractivity (Wildman–Crippen MR) is 83.6 cm³/mol.